The number of anilines is 2. The SMILES string of the molecule is COCC(=O)Nc1cccc(NC(=O)NCC2CCCCC2)c1. The second-order valence-electron chi connectivity index (χ2n) is 5.90. The summed E-state index contributed by atoms with van der Waals surface area (Å²) in [5.74, 6) is 0.362. The molecule has 0 bridgehead atoms. The summed E-state index contributed by atoms with van der Waals surface area (Å²) in [5, 5.41) is 8.42. The first-order valence-corrected chi connectivity index (χ1v) is 8.11. The van der Waals surface area contributed by atoms with E-state index in [1.807, 2.05) is 0 Å². The molecule has 1 aliphatic rings. The van der Waals surface area contributed by atoms with Gasteiger partial charge in [-0.3, -0.25) is 4.79 Å². The van der Waals surface area contributed by atoms with Gasteiger partial charge in [-0.15, -0.1) is 0 Å². The van der Waals surface area contributed by atoms with Crippen molar-refractivity contribution in [3.05, 3.63) is 24.3 Å². The largest absolute Gasteiger partial charge is 0.375 e. The van der Waals surface area contributed by atoms with Crippen LogP contribution in [0.15, 0.2) is 24.3 Å². The molecule has 1 fully saturated rings. The van der Waals surface area contributed by atoms with Gasteiger partial charge in [0, 0.05) is 25.0 Å². The highest BCUT2D eigenvalue weighted by molar-refractivity contribution is 5.94. The molecule has 6 nitrogen and oxygen atoms in total. The van der Waals surface area contributed by atoms with Crippen molar-refractivity contribution in [3.8, 4) is 0 Å². The van der Waals surface area contributed by atoms with E-state index < -0.39 is 0 Å². The molecule has 1 aliphatic carbocycles. The van der Waals surface area contributed by atoms with Gasteiger partial charge in [0.15, 0.2) is 0 Å². The van der Waals surface area contributed by atoms with Gasteiger partial charge in [-0.25, -0.2) is 4.79 Å². The van der Waals surface area contributed by atoms with Crippen LogP contribution in [-0.2, 0) is 9.53 Å². The summed E-state index contributed by atoms with van der Waals surface area (Å²) in [4.78, 5) is 23.4. The molecule has 0 atom stereocenters. The van der Waals surface area contributed by atoms with E-state index in [4.69, 9.17) is 4.74 Å². The summed E-state index contributed by atoms with van der Waals surface area (Å²) in [6, 6.07) is 6.83. The van der Waals surface area contributed by atoms with Gasteiger partial charge >= 0.3 is 6.03 Å². The van der Waals surface area contributed by atoms with Crippen molar-refractivity contribution in [2.24, 2.45) is 5.92 Å². The number of methoxy groups -OCH3 is 1. The molecule has 1 aromatic carbocycles. The van der Waals surface area contributed by atoms with E-state index in [0.717, 1.165) is 6.54 Å². The van der Waals surface area contributed by atoms with Crippen molar-refractivity contribution < 1.29 is 14.3 Å². The Labute approximate surface area is 137 Å². The molecule has 3 amide bonds. The molecule has 0 aromatic heterocycles. The maximum Gasteiger partial charge on any atom is 0.319 e. The number of hydrogen-bond donors (Lipinski definition) is 3. The number of carbonyl (C=O) groups excluding carboxylic acids is 2. The first-order chi connectivity index (χ1) is 11.2. The van der Waals surface area contributed by atoms with E-state index >= 15 is 0 Å². The summed E-state index contributed by atoms with van der Waals surface area (Å²) in [5.41, 5.74) is 1.26. The fourth-order valence-electron chi connectivity index (χ4n) is 2.81. The number of rotatable bonds is 6. The molecule has 6 heteroatoms. The summed E-state index contributed by atoms with van der Waals surface area (Å²) < 4.78 is 4.77. The Morgan fingerprint density at radius 1 is 1.13 bits per heavy atom. The van der Waals surface area contributed by atoms with Gasteiger partial charge in [-0.05, 0) is 37.0 Å². The second kappa shape index (κ2) is 9.15. The van der Waals surface area contributed by atoms with Crippen molar-refractivity contribution in [3.63, 3.8) is 0 Å². The van der Waals surface area contributed by atoms with Crippen LogP contribution in [0.2, 0.25) is 0 Å². The van der Waals surface area contributed by atoms with Gasteiger partial charge in [-0.2, -0.15) is 0 Å². The Bertz CT molecular complexity index is 528. The van der Waals surface area contributed by atoms with Crippen LogP contribution in [0.4, 0.5) is 16.2 Å². The highest BCUT2D eigenvalue weighted by atomic mass is 16.5. The van der Waals surface area contributed by atoms with Crippen LogP contribution < -0.4 is 16.0 Å². The molecule has 126 valence electrons. The molecule has 0 unspecified atom stereocenters. The van der Waals surface area contributed by atoms with E-state index in [9.17, 15) is 9.59 Å². The molecule has 0 spiro atoms. The molecule has 2 rings (SSSR count). The Balaban J connectivity index is 1.79. The fraction of sp³-hybridized carbons (Fsp3) is 0.529. The Morgan fingerprint density at radius 2 is 1.83 bits per heavy atom. The van der Waals surface area contributed by atoms with Crippen molar-refractivity contribution in [1.82, 2.24) is 5.32 Å². The summed E-state index contributed by atoms with van der Waals surface area (Å²) in [6.45, 7) is 0.718. The third kappa shape index (κ3) is 6.28. The third-order valence-corrected chi connectivity index (χ3v) is 3.96. The molecule has 0 radical (unpaired) electrons. The van der Waals surface area contributed by atoms with E-state index in [-0.39, 0.29) is 18.5 Å². The zero-order valence-electron chi connectivity index (χ0n) is 13.6. The van der Waals surface area contributed by atoms with Crippen LogP contribution in [0.5, 0.6) is 0 Å². The van der Waals surface area contributed by atoms with Gasteiger partial charge in [0.05, 0.1) is 0 Å². The van der Waals surface area contributed by atoms with Gasteiger partial charge in [0.2, 0.25) is 5.91 Å². The first-order valence-electron chi connectivity index (χ1n) is 8.11. The lowest BCUT2D eigenvalue weighted by Crippen LogP contribution is -2.33. The monoisotopic (exact) mass is 319 g/mol. The number of hydrogen-bond acceptors (Lipinski definition) is 3. The molecular formula is C17H25N3O3. The van der Waals surface area contributed by atoms with Gasteiger partial charge in [0.1, 0.15) is 6.61 Å². The molecule has 0 aliphatic heterocycles. The van der Waals surface area contributed by atoms with Gasteiger partial charge in [-0.1, -0.05) is 25.3 Å². The zero-order valence-corrected chi connectivity index (χ0v) is 13.6. The first kappa shape index (κ1) is 17.3. The van der Waals surface area contributed by atoms with E-state index in [1.54, 1.807) is 24.3 Å². The molecule has 1 aromatic rings. The quantitative estimate of drug-likeness (QED) is 0.754. The van der Waals surface area contributed by atoms with Crippen LogP contribution in [0, 0.1) is 5.92 Å². The van der Waals surface area contributed by atoms with Crippen molar-refractivity contribution in [2.45, 2.75) is 32.1 Å². The number of amides is 3. The summed E-state index contributed by atoms with van der Waals surface area (Å²) in [6.07, 6.45) is 6.22. The topological polar surface area (TPSA) is 79.5 Å². The average Bonchev–Trinajstić information content (AvgIpc) is 2.54. The molecule has 1 saturated carbocycles. The minimum absolute atomic E-state index is 0.000466. The molecule has 0 heterocycles. The number of benzene rings is 1. The predicted molar refractivity (Wildman–Crippen MR) is 90.5 cm³/mol. The number of ether oxygens (including phenoxy) is 1. The molecule has 3 N–H and O–H groups in total. The minimum Gasteiger partial charge on any atom is -0.375 e. The van der Waals surface area contributed by atoms with Crippen LogP contribution in [0.1, 0.15) is 32.1 Å². The Morgan fingerprint density at radius 3 is 2.52 bits per heavy atom. The maximum absolute atomic E-state index is 12.0. The standard InChI is InChI=1S/C17H25N3O3/c1-23-12-16(21)19-14-8-5-9-15(10-14)20-17(22)18-11-13-6-3-2-4-7-13/h5,8-10,13H,2-4,6-7,11-12H2,1H3,(H,19,21)(H2,18,20,22). The van der Waals surface area contributed by atoms with Crippen molar-refractivity contribution >= 4 is 23.3 Å². The van der Waals surface area contributed by atoms with E-state index in [1.165, 1.54) is 39.2 Å². The minimum atomic E-state index is -0.230. The van der Waals surface area contributed by atoms with Gasteiger partial charge < -0.3 is 20.7 Å². The Hall–Kier alpha value is -2.08. The number of urea groups is 1. The lowest BCUT2D eigenvalue weighted by atomic mass is 9.89. The van der Waals surface area contributed by atoms with Crippen molar-refractivity contribution in [2.75, 3.05) is 30.9 Å². The van der Waals surface area contributed by atoms with Crippen LogP contribution in [-0.4, -0.2) is 32.2 Å². The number of carbonyl (C=O) groups is 2. The van der Waals surface area contributed by atoms with Gasteiger partial charge in [0.25, 0.3) is 0 Å². The van der Waals surface area contributed by atoms with Crippen LogP contribution >= 0.6 is 0 Å². The average molecular weight is 319 g/mol. The molecule has 23 heavy (non-hydrogen) atoms. The summed E-state index contributed by atoms with van der Waals surface area (Å²) >= 11 is 0. The molecule has 0 saturated heterocycles. The highest BCUT2D eigenvalue weighted by Crippen LogP contribution is 2.22. The smallest absolute Gasteiger partial charge is 0.319 e. The fourth-order valence-corrected chi connectivity index (χ4v) is 2.81. The maximum atomic E-state index is 12.0. The second-order valence-corrected chi connectivity index (χ2v) is 5.90. The van der Waals surface area contributed by atoms with E-state index in [0.29, 0.717) is 17.3 Å². The van der Waals surface area contributed by atoms with Crippen LogP contribution in [0.25, 0.3) is 0 Å². The Kier molecular flexibility index (Phi) is 6.87. The third-order valence-electron chi connectivity index (χ3n) is 3.96. The van der Waals surface area contributed by atoms with Crippen molar-refractivity contribution in [1.29, 1.82) is 0 Å². The zero-order chi connectivity index (χ0) is 16.5. The predicted octanol–water partition coefficient (Wildman–Crippen LogP) is 2.97. The summed E-state index contributed by atoms with van der Waals surface area (Å²) in [7, 11) is 1.47. The van der Waals surface area contributed by atoms with E-state index in [2.05, 4.69) is 16.0 Å². The normalized spacial score (nSPS) is 15.0. The highest BCUT2D eigenvalue weighted by Gasteiger charge is 2.14. The lowest BCUT2D eigenvalue weighted by Gasteiger charge is -2.21. The van der Waals surface area contributed by atoms with Crippen LogP contribution in [0.3, 0.4) is 0 Å². The lowest BCUT2D eigenvalue weighted by molar-refractivity contribution is -0.119. The molecular weight excluding hydrogens is 294 g/mol. The number of nitrogens with one attached hydrogen (secondary N) is 3.